The van der Waals surface area contributed by atoms with Crippen molar-refractivity contribution in [3.63, 3.8) is 0 Å². The van der Waals surface area contributed by atoms with Crippen LogP contribution < -0.4 is 4.90 Å². The van der Waals surface area contributed by atoms with Crippen molar-refractivity contribution in [3.05, 3.63) is 23.4 Å². The largest absolute Gasteiger partial charge is 0.465 e. The molecular formula is C15H18F3N3O4. The molecule has 0 spiro atoms. The van der Waals surface area contributed by atoms with Crippen LogP contribution in [0.1, 0.15) is 18.1 Å². The van der Waals surface area contributed by atoms with Crippen molar-refractivity contribution in [1.82, 2.24) is 9.88 Å². The Morgan fingerprint density at radius 2 is 2.08 bits per heavy atom. The molecule has 1 amide bonds. The number of amides is 1. The quantitative estimate of drug-likeness (QED) is 0.831. The first-order valence-electron chi connectivity index (χ1n) is 7.51. The number of ether oxygens (including phenoxy) is 1. The zero-order chi connectivity index (χ0) is 18.8. The number of pyridine rings is 1. The summed E-state index contributed by atoms with van der Waals surface area (Å²) in [6.45, 7) is 2.94. The molecule has 1 aliphatic rings. The van der Waals surface area contributed by atoms with E-state index in [1.54, 1.807) is 4.90 Å². The minimum atomic E-state index is -4.49. The molecule has 7 nitrogen and oxygen atoms in total. The van der Waals surface area contributed by atoms with E-state index < -0.39 is 29.8 Å². The zero-order valence-corrected chi connectivity index (χ0v) is 13.7. The van der Waals surface area contributed by atoms with Gasteiger partial charge in [0.25, 0.3) is 0 Å². The number of carboxylic acid groups (broad SMARTS) is 1. The van der Waals surface area contributed by atoms with Crippen LogP contribution in [0.2, 0.25) is 0 Å². The third kappa shape index (κ3) is 4.52. The summed E-state index contributed by atoms with van der Waals surface area (Å²) in [5.74, 6) is -0.239. The normalized spacial score (nSPS) is 18.2. The lowest BCUT2D eigenvalue weighted by molar-refractivity contribution is -0.141. The molecule has 25 heavy (non-hydrogen) atoms. The smallest absolute Gasteiger partial charge is 0.418 e. The van der Waals surface area contributed by atoms with Gasteiger partial charge in [0.2, 0.25) is 0 Å². The summed E-state index contributed by atoms with van der Waals surface area (Å²) in [6.07, 6.45) is -4.84. The van der Waals surface area contributed by atoms with Crippen LogP contribution >= 0.6 is 0 Å². The predicted octanol–water partition coefficient (Wildman–Crippen LogP) is 2.14. The molecule has 0 saturated carbocycles. The van der Waals surface area contributed by atoms with Gasteiger partial charge in [0.05, 0.1) is 11.6 Å². The summed E-state index contributed by atoms with van der Waals surface area (Å²) in [5.41, 5.74) is -0.804. The number of alkyl halides is 3. The van der Waals surface area contributed by atoms with Crippen molar-refractivity contribution in [2.24, 2.45) is 0 Å². The van der Waals surface area contributed by atoms with Gasteiger partial charge in [0.15, 0.2) is 0 Å². The second-order valence-corrected chi connectivity index (χ2v) is 5.73. The molecule has 1 atom stereocenters. The fraction of sp³-hybridized carbons (Fsp3) is 0.533. The van der Waals surface area contributed by atoms with Crippen molar-refractivity contribution in [2.75, 3.05) is 31.1 Å². The first-order chi connectivity index (χ1) is 11.6. The first kappa shape index (κ1) is 18.8. The number of esters is 1. The molecule has 2 heterocycles. The van der Waals surface area contributed by atoms with Crippen LogP contribution in [0, 0.1) is 6.92 Å². The van der Waals surface area contributed by atoms with Gasteiger partial charge < -0.3 is 19.6 Å². The Morgan fingerprint density at radius 1 is 1.40 bits per heavy atom. The number of hydrogen-bond donors (Lipinski definition) is 1. The number of anilines is 1. The molecule has 0 aromatic carbocycles. The molecule has 0 aliphatic carbocycles. The Morgan fingerprint density at radius 3 is 2.60 bits per heavy atom. The lowest BCUT2D eigenvalue weighted by Gasteiger charge is -2.40. The molecule has 2 rings (SSSR count). The lowest BCUT2D eigenvalue weighted by atomic mass is 10.1. The van der Waals surface area contributed by atoms with Crippen LogP contribution in [-0.4, -0.2) is 59.3 Å². The van der Waals surface area contributed by atoms with Crippen molar-refractivity contribution in [3.8, 4) is 0 Å². The highest BCUT2D eigenvalue weighted by atomic mass is 19.4. The Bertz CT molecular complexity index is 666. The van der Waals surface area contributed by atoms with Crippen LogP contribution in [0.25, 0.3) is 0 Å². The second kappa shape index (κ2) is 7.16. The number of halogens is 3. The van der Waals surface area contributed by atoms with Crippen LogP contribution in [0.4, 0.5) is 23.8 Å². The summed E-state index contributed by atoms with van der Waals surface area (Å²) >= 11 is 0. The van der Waals surface area contributed by atoms with Crippen molar-refractivity contribution < 1.29 is 32.6 Å². The number of carbonyl (C=O) groups is 2. The molecule has 1 aromatic rings. The van der Waals surface area contributed by atoms with Gasteiger partial charge in [0, 0.05) is 32.8 Å². The van der Waals surface area contributed by atoms with Crippen molar-refractivity contribution >= 4 is 17.9 Å². The molecule has 0 radical (unpaired) electrons. The first-order valence-corrected chi connectivity index (χ1v) is 7.51. The van der Waals surface area contributed by atoms with E-state index >= 15 is 0 Å². The molecule has 138 valence electrons. The fourth-order valence-corrected chi connectivity index (χ4v) is 2.68. The molecular weight excluding hydrogens is 343 g/mol. The number of aryl methyl sites for hydroxylation is 1. The molecule has 0 unspecified atom stereocenters. The summed E-state index contributed by atoms with van der Waals surface area (Å²) in [7, 11) is 0. The standard InChI is InChI=1S/C15H18F3N3O4/c1-9-5-13(19-6-12(9)15(16,17)18)21-4-3-20(14(23)24)7-11(21)8-25-10(2)22/h5-6,11H,3-4,7-8H2,1-2H3,(H,23,24)/t11-/m1/s1. The third-order valence-electron chi connectivity index (χ3n) is 3.93. The molecule has 1 aromatic heterocycles. The molecule has 0 bridgehead atoms. The monoisotopic (exact) mass is 361 g/mol. The van der Waals surface area contributed by atoms with Gasteiger partial charge in [-0.25, -0.2) is 9.78 Å². The number of carbonyl (C=O) groups excluding carboxylic acids is 1. The Hall–Kier alpha value is -2.52. The van der Waals surface area contributed by atoms with Crippen LogP contribution in [0.15, 0.2) is 12.3 Å². The fourth-order valence-electron chi connectivity index (χ4n) is 2.68. The highest BCUT2D eigenvalue weighted by Gasteiger charge is 2.35. The predicted molar refractivity (Wildman–Crippen MR) is 81.3 cm³/mol. The number of nitrogens with zero attached hydrogens (tertiary/aromatic N) is 3. The van der Waals surface area contributed by atoms with Crippen LogP contribution in [0.5, 0.6) is 0 Å². The van der Waals surface area contributed by atoms with Gasteiger partial charge in [-0.05, 0) is 18.6 Å². The maximum atomic E-state index is 12.9. The molecule has 10 heteroatoms. The number of piperazine rings is 1. The van der Waals surface area contributed by atoms with Gasteiger partial charge in [-0.1, -0.05) is 0 Å². The highest BCUT2D eigenvalue weighted by Crippen LogP contribution is 2.33. The third-order valence-corrected chi connectivity index (χ3v) is 3.93. The number of hydrogen-bond acceptors (Lipinski definition) is 5. The van der Waals surface area contributed by atoms with E-state index in [0.717, 1.165) is 6.20 Å². The summed E-state index contributed by atoms with van der Waals surface area (Å²) in [4.78, 5) is 28.9. The molecule has 1 saturated heterocycles. The van der Waals surface area contributed by atoms with E-state index in [9.17, 15) is 22.8 Å². The topological polar surface area (TPSA) is 83.0 Å². The van der Waals surface area contributed by atoms with Gasteiger partial charge >= 0.3 is 18.2 Å². The average molecular weight is 361 g/mol. The Labute approximate surface area is 142 Å². The zero-order valence-electron chi connectivity index (χ0n) is 13.7. The van der Waals surface area contributed by atoms with Crippen LogP contribution in [0.3, 0.4) is 0 Å². The summed E-state index contributed by atoms with van der Waals surface area (Å²) in [5, 5.41) is 9.12. The van der Waals surface area contributed by atoms with E-state index in [-0.39, 0.29) is 37.6 Å². The van der Waals surface area contributed by atoms with Crippen LogP contribution in [-0.2, 0) is 15.7 Å². The lowest BCUT2D eigenvalue weighted by Crippen LogP contribution is -2.56. The van der Waals surface area contributed by atoms with Gasteiger partial charge in [-0.3, -0.25) is 4.79 Å². The number of aromatic nitrogens is 1. The minimum absolute atomic E-state index is 0.0180. The van der Waals surface area contributed by atoms with E-state index in [4.69, 9.17) is 9.84 Å². The molecule has 1 aliphatic heterocycles. The Kier molecular flexibility index (Phi) is 5.39. The maximum Gasteiger partial charge on any atom is 0.418 e. The highest BCUT2D eigenvalue weighted by molar-refractivity contribution is 5.67. The van der Waals surface area contributed by atoms with Gasteiger partial charge in [-0.2, -0.15) is 13.2 Å². The van der Waals surface area contributed by atoms with Crippen molar-refractivity contribution in [2.45, 2.75) is 26.1 Å². The van der Waals surface area contributed by atoms with E-state index in [0.29, 0.717) is 0 Å². The SMILES string of the molecule is CC(=O)OC[C@H]1CN(C(=O)O)CCN1c1cc(C)c(C(F)(F)F)cn1. The van der Waals surface area contributed by atoms with Gasteiger partial charge in [0.1, 0.15) is 12.4 Å². The summed E-state index contributed by atoms with van der Waals surface area (Å²) < 4.78 is 43.6. The minimum Gasteiger partial charge on any atom is -0.465 e. The van der Waals surface area contributed by atoms with Gasteiger partial charge in [-0.15, -0.1) is 0 Å². The van der Waals surface area contributed by atoms with E-state index in [1.165, 1.54) is 24.8 Å². The molecule has 1 N–H and O–H groups in total. The average Bonchev–Trinajstić information content (AvgIpc) is 2.51. The van der Waals surface area contributed by atoms with Crippen molar-refractivity contribution in [1.29, 1.82) is 0 Å². The maximum absolute atomic E-state index is 12.9. The Balaban J connectivity index is 2.26. The second-order valence-electron chi connectivity index (χ2n) is 5.73. The van der Waals surface area contributed by atoms with E-state index in [2.05, 4.69) is 4.98 Å². The number of rotatable bonds is 3. The summed E-state index contributed by atoms with van der Waals surface area (Å²) in [6, 6.07) is 0.775. The van der Waals surface area contributed by atoms with E-state index in [1.807, 2.05) is 0 Å². The molecule has 1 fully saturated rings.